The molecule has 5 heteroatoms. The molecule has 0 spiro atoms. The maximum atomic E-state index is 10.7. The lowest BCUT2D eigenvalue weighted by Crippen LogP contribution is -2.47. The van der Waals surface area contributed by atoms with Crippen LogP contribution in [0.3, 0.4) is 0 Å². The van der Waals surface area contributed by atoms with Crippen LogP contribution in [0.1, 0.15) is 52.0 Å². The summed E-state index contributed by atoms with van der Waals surface area (Å²) in [6.45, 7) is 8.24. The lowest BCUT2D eigenvalue weighted by Gasteiger charge is -2.28. The summed E-state index contributed by atoms with van der Waals surface area (Å²) in [7, 11) is 0. The summed E-state index contributed by atoms with van der Waals surface area (Å²) >= 11 is 0. The van der Waals surface area contributed by atoms with E-state index in [1.54, 1.807) is 0 Å². The summed E-state index contributed by atoms with van der Waals surface area (Å²) in [5.74, 6) is 0.761. The van der Waals surface area contributed by atoms with Crippen LogP contribution in [0.15, 0.2) is 35.3 Å². The van der Waals surface area contributed by atoms with Crippen LogP contribution in [0.2, 0.25) is 0 Å². The Kier molecular flexibility index (Phi) is 12.1. The number of nitrogens with zero attached hydrogens (tertiary/aromatic N) is 1. The SMILES string of the molecule is CCCC(O)(CCC)CNC(=NCc1ccccc1)NCC.I. The number of aliphatic imine (C=N–C) groups is 1. The number of benzene rings is 1. The number of hydrogen-bond donors (Lipinski definition) is 3. The second-order valence-electron chi connectivity index (χ2n) is 5.76. The molecule has 1 aromatic rings. The minimum absolute atomic E-state index is 0. The van der Waals surface area contributed by atoms with Gasteiger partial charge in [-0.15, -0.1) is 24.0 Å². The quantitative estimate of drug-likeness (QED) is 0.316. The number of aliphatic hydroxyl groups is 1. The molecule has 23 heavy (non-hydrogen) atoms. The molecule has 0 fully saturated rings. The molecule has 4 nitrogen and oxygen atoms in total. The number of hydrogen-bond acceptors (Lipinski definition) is 2. The fraction of sp³-hybridized carbons (Fsp3) is 0.611. The summed E-state index contributed by atoms with van der Waals surface area (Å²) in [6, 6.07) is 10.2. The maximum Gasteiger partial charge on any atom is 0.191 e. The predicted octanol–water partition coefficient (Wildman–Crippen LogP) is 3.69. The van der Waals surface area contributed by atoms with E-state index in [0.717, 1.165) is 38.2 Å². The molecule has 3 N–H and O–H groups in total. The summed E-state index contributed by atoms with van der Waals surface area (Å²) in [5, 5.41) is 17.2. The zero-order chi connectivity index (χ0) is 16.3. The Morgan fingerprint density at radius 3 is 2.17 bits per heavy atom. The van der Waals surface area contributed by atoms with E-state index in [1.807, 2.05) is 25.1 Å². The van der Waals surface area contributed by atoms with E-state index in [1.165, 1.54) is 5.56 Å². The second kappa shape index (κ2) is 12.6. The van der Waals surface area contributed by atoms with E-state index in [4.69, 9.17) is 0 Å². The molecule has 0 aromatic heterocycles. The van der Waals surface area contributed by atoms with Crippen molar-refractivity contribution in [2.45, 2.75) is 58.6 Å². The van der Waals surface area contributed by atoms with Gasteiger partial charge in [-0.05, 0) is 25.3 Å². The highest BCUT2D eigenvalue weighted by molar-refractivity contribution is 14.0. The number of nitrogens with one attached hydrogen (secondary N) is 2. The number of guanidine groups is 1. The van der Waals surface area contributed by atoms with Gasteiger partial charge < -0.3 is 15.7 Å². The van der Waals surface area contributed by atoms with Crippen molar-refractivity contribution in [3.05, 3.63) is 35.9 Å². The summed E-state index contributed by atoms with van der Waals surface area (Å²) in [4.78, 5) is 4.59. The first-order valence-corrected chi connectivity index (χ1v) is 8.42. The molecule has 0 amide bonds. The average molecular weight is 433 g/mol. The Bertz CT molecular complexity index is 431. The molecule has 0 aliphatic carbocycles. The van der Waals surface area contributed by atoms with Crippen molar-refractivity contribution in [1.82, 2.24) is 10.6 Å². The van der Waals surface area contributed by atoms with E-state index in [0.29, 0.717) is 13.1 Å². The Balaban J connectivity index is 0.00000484. The van der Waals surface area contributed by atoms with Gasteiger partial charge >= 0.3 is 0 Å². The van der Waals surface area contributed by atoms with Crippen molar-refractivity contribution in [3.63, 3.8) is 0 Å². The lowest BCUT2D eigenvalue weighted by molar-refractivity contribution is 0.0257. The van der Waals surface area contributed by atoms with Crippen LogP contribution in [0.25, 0.3) is 0 Å². The van der Waals surface area contributed by atoms with Gasteiger partial charge in [0.15, 0.2) is 5.96 Å². The molecule has 0 saturated heterocycles. The second-order valence-corrected chi connectivity index (χ2v) is 5.76. The smallest absolute Gasteiger partial charge is 0.191 e. The van der Waals surface area contributed by atoms with Gasteiger partial charge in [0, 0.05) is 13.1 Å². The van der Waals surface area contributed by atoms with Gasteiger partial charge in [-0.25, -0.2) is 4.99 Å². The van der Waals surface area contributed by atoms with E-state index in [9.17, 15) is 5.11 Å². The van der Waals surface area contributed by atoms with Gasteiger partial charge in [0.2, 0.25) is 0 Å². The maximum absolute atomic E-state index is 10.7. The van der Waals surface area contributed by atoms with Gasteiger partial charge in [-0.2, -0.15) is 0 Å². The van der Waals surface area contributed by atoms with Crippen molar-refractivity contribution in [3.8, 4) is 0 Å². The molecule has 132 valence electrons. The minimum Gasteiger partial charge on any atom is -0.388 e. The van der Waals surface area contributed by atoms with Crippen LogP contribution < -0.4 is 10.6 Å². The monoisotopic (exact) mass is 433 g/mol. The summed E-state index contributed by atoms with van der Waals surface area (Å²) in [6.07, 6.45) is 3.59. The van der Waals surface area contributed by atoms with Crippen LogP contribution >= 0.6 is 24.0 Å². The van der Waals surface area contributed by atoms with Crippen molar-refractivity contribution in [1.29, 1.82) is 0 Å². The Morgan fingerprint density at radius 2 is 1.65 bits per heavy atom. The molecule has 0 bridgehead atoms. The van der Waals surface area contributed by atoms with Crippen molar-refractivity contribution in [2.24, 2.45) is 4.99 Å². The number of halogens is 1. The minimum atomic E-state index is -0.646. The molecule has 0 heterocycles. The number of rotatable bonds is 9. The highest BCUT2D eigenvalue weighted by Crippen LogP contribution is 2.18. The van der Waals surface area contributed by atoms with Crippen LogP contribution in [0.5, 0.6) is 0 Å². The summed E-state index contributed by atoms with van der Waals surface area (Å²) in [5.41, 5.74) is 0.531. The highest BCUT2D eigenvalue weighted by atomic mass is 127. The molecule has 0 aliphatic rings. The standard InChI is InChI=1S/C18H31N3O.HI/c1-4-12-18(22,13-5-2)15-21-17(19-6-3)20-14-16-10-8-7-9-11-16;/h7-11,22H,4-6,12-15H2,1-3H3,(H2,19,20,21);1H. The molecular weight excluding hydrogens is 401 g/mol. The van der Waals surface area contributed by atoms with Crippen molar-refractivity contribution < 1.29 is 5.11 Å². The summed E-state index contributed by atoms with van der Waals surface area (Å²) < 4.78 is 0. The molecular formula is C18H32IN3O. The van der Waals surface area contributed by atoms with E-state index in [2.05, 4.69) is 41.6 Å². The van der Waals surface area contributed by atoms with E-state index in [-0.39, 0.29) is 24.0 Å². The Hall–Kier alpha value is -0.820. The van der Waals surface area contributed by atoms with Gasteiger partial charge in [-0.1, -0.05) is 57.0 Å². The van der Waals surface area contributed by atoms with Crippen molar-refractivity contribution >= 4 is 29.9 Å². The predicted molar refractivity (Wildman–Crippen MR) is 109 cm³/mol. The molecule has 0 aliphatic heterocycles. The van der Waals surface area contributed by atoms with Crippen LogP contribution in [0.4, 0.5) is 0 Å². The normalized spacial score (nSPS) is 11.7. The molecule has 0 unspecified atom stereocenters. The molecule has 0 atom stereocenters. The van der Waals surface area contributed by atoms with Crippen LogP contribution in [-0.2, 0) is 6.54 Å². The molecule has 0 saturated carbocycles. The highest BCUT2D eigenvalue weighted by Gasteiger charge is 2.24. The third kappa shape index (κ3) is 9.15. The zero-order valence-corrected chi connectivity index (χ0v) is 17.0. The van der Waals surface area contributed by atoms with Gasteiger partial charge in [0.1, 0.15) is 0 Å². The van der Waals surface area contributed by atoms with Crippen LogP contribution in [-0.4, -0.2) is 29.8 Å². The van der Waals surface area contributed by atoms with Gasteiger partial charge in [-0.3, -0.25) is 0 Å². The lowest BCUT2D eigenvalue weighted by atomic mass is 9.93. The Labute approximate surface area is 158 Å². The van der Waals surface area contributed by atoms with Crippen molar-refractivity contribution in [2.75, 3.05) is 13.1 Å². The first-order valence-electron chi connectivity index (χ1n) is 8.42. The molecule has 1 rings (SSSR count). The zero-order valence-electron chi connectivity index (χ0n) is 14.6. The topological polar surface area (TPSA) is 56.6 Å². The third-order valence-corrected chi connectivity index (χ3v) is 3.62. The van der Waals surface area contributed by atoms with E-state index < -0.39 is 5.60 Å². The molecule has 1 aromatic carbocycles. The average Bonchev–Trinajstić information content (AvgIpc) is 2.52. The van der Waals surface area contributed by atoms with Gasteiger partial charge in [0.25, 0.3) is 0 Å². The Morgan fingerprint density at radius 1 is 1.04 bits per heavy atom. The molecule has 0 radical (unpaired) electrons. The fourth-order valence-corrected chi connectivity index (χ4v) is 2.58. The first-order chi connectivity index (χ1) is 10.6. The third-order valence-electron chi connectivity index (χ3n) is 3.62. The van der Waals surface area contributed by atoms with Gasteiger partial charge in [0.05, 0.1) is 12.1 Å². The first kappa shape index (κ1) is 22.2. The van der Waals surface area contributed by atoms with E-state index >= 15 is 0 Å². The largest absolute Gasteiger partial charge is 0.388 e. The van der Waals surface area contributed by atoms with Crippen LogP contribution in [0, 0.1) is 0 Å². The fourth-order valence-electron chi connectivity index (χ4n) is 2.58.